The number of hydrogen-bond acceptors (Lipinski definition) is 4. The fourth-order valence-electron chi connectivity index (χ4n) is 2.32. The average Bonchev–Trinajstić information content (AvgIpc) is 2.72. The third kappa shape index (κ3) is 3.82. The van der Waals surface area contributed by atoms with Crippen molar-refractivity contribution in [1.82, 2.24) is 4.90 Å². The van der Waals surface area contributed by atoms with Gasteiger partial charge in [-0.25, -0.2) is 0 Å². The van der Waals surface area contributed by atoms with Crippen molar-refractivity contribution >= 4 is 11.3 Å². The topological polar surface area (TPSA) is 38.5 Å². The SMILES string of the molecule is CC1CN(Cc2cc(C#CCN)cs2)CC(C)O1. The average molecular weight is 264 g/mol. The summed E-state index contributed by atoms with van der Waals surface area (Å²) in [6.07, 6.45) is 0.649. The highest BCUT2D eigenvalue weighted by Gasteiger charge is 2.22. The van der Waals surface area contributed by atoms with Crippen LogP contribution < -0.4 is 5.73 Å². The quantitative estimate of drug-likeness (QED) is 0.826. The molecule has 1 aromatic heterocycles. The first-order valence-electron chi connectivity index (χ1n) is 6.31. The van der Waals surface area contributed by atoms with Gasteiger partial charge in [0.2, 0.25) is 0 Å². The lowest BCUT2D eigenvalue weighted by Crippen LogP contribution is -2.44. The van der Waals surface area contributed by atoms with Crippen LogP contribution in [0.3, 0.4) is 0 Å². The Labute approximate surface area is 113 Å². The van der Waals surface area contributed by atoms with Crippen molar-refractivity contribution in [2.75, 3.05) is 19.6 Å². The molecule has 1 fully saturated rings. The predicted molar refractivity (Wildman–Crippen MR) is 75.5 cm³/mol. The van der Waals surface area contributed by atoms with Gasteiger partial charge >= 0.3 is 0 Å². The van der Waals surface area contributed by atoms with Gasteiger partial charge in [0.05, 0.1) is 18.8 Å². The highest BCUT2D eigenvalue weighted by Crippen LogP contribution is 2.19. The maximum Gasteiger partial charge on any atom is 0.0678 e. The third-order valence-corrected chi connectivity index (χ3v) is 3.78. The lowest BCUT2D eigenvalue weighted by Gasteiger charge is -2.34. The molecule has 1 saturated heterocycles. The van der Waals surface area contributed by atoms with Crippen molar-refractivity contribution in [3.8, 4) is 11.8 Å². The Kier molecular flexibility index (Phi) is 4.79. The van der Waals surface area contributed by atoms with Crippen molar-refractivity contribution < 1.29 is 4.74 Å². The molecule has 3 nitrogen and oxygen atoms in total. The molecule has 2 N–H and O–H groups in total. The molecule has 1 aromatic rings. The van der Waals surface area contributed by atoms with Gasteiger partial charge < -0.3 is 10.5 Å². The summed E-state index contributed by atoms with van der Waals surface area (Å²) >= 11 is 1.77. The fraction of sp³-hybridized carbons (Fsp3) is 0.571. The first-order valence-corrected chi connectivity index (χ1v) is 7.19. The van der Waals surface area contributed by atoms with Crippen LogP contribution in [-0.4, -0.2) is 36.7 Å². The van der Waals surface area contributed by atoms with E-state index in [4.69, 9.17) is 10.5 Å². The van der Waals surface area contributed by atoms with Gasteiger partial charge in [0.15, 0.2) is 0 Å². The highest BCUT2D eigenvalue weighted by molar-refractivity contribution is 7.10. The van der Waals surface area contributed by atoms with Crippen molar-refractivity contribution in [2.45, 2.75) is 32.6 Å². The minimum absolute atomic E-state index is 0.324. The fourth-order valence-corrected chi connectivity index (χ4v) is 3.17. The number of nitrogens with zero attached hydrogens (tertiary/aromatic N) is 1. The molecule has 0 saturated carbocycles. The van der Waals surface area contributed by atoms with Gasteiger partial charge in [-0.3, -0.25) is 4.90 Å². The van der Waals surface area contributed by atoms with Crippen molar-refractivity contribution in [1.29, 1.82) is 0 Å². The maximum atomic E-state index is 5.74. The zero-order valence-corrected chi connectivity index (χ0v) is 11.8. The second-order valence-electron chi connectivity index (χ2n) is 4.76. The molecule has 2 rings (SSSR count). The minimum atomic E-state index is 0.324. The number of thiophene rings is 1. The van der Waals surface area contributed by atoms with E-state index >= 15 is 0 Å². The Hall–Kier alpha value is -0.860. The number of ether oxygens (including phenoxy) is 1. The van der Waals surface area contributed by atoms with E-state index in [9.17, 15) is 0 Å². The first kappa shape index (κ1) is 13.6. The van der Waals surface area contributed by atoms with E-state index in [0.717, 1.165) is 25.2 Å². The van der Waals surface area contributed by atoms with Crippen LogP contribution in [-0.2, 0) is 11.3 Å². The van der Waals surface area contributed by atoms with Gasteiger partial charge in [0.25, 0.3) is 0 Å². The largest absolute Gasteiger partial charge is 0.373 e. The third-order valence-electron chi connectivity index (χ3n) is 2.86. The smallest absolute Gasteiger partial charge is 0.0678 e. The normalized spacial score (nSPS) is 24.6. The molecule has 0 radical (unpaired) electrons. The molecule has 0 spiro atoms. The van der Waals surface area contributed by atoms with E-state index in [1.807, 2.05) is 0 Å². The summed E-state index contributed by atoms with van der Waals surface area (Å²) in [6.45, 7) is 7.69. The molecule has 18 heavy (non-hydrogen) atoms. The Morgan fingerprint density at radius 2 is 2.17 bits per heavy atom. The molecule has 2 atom stereocenters. The van der Waals surface area contributed by atoms with Crippen molar-refractivity contribution in [3.63, 3.8) is 0 Å². The summed E-state index contributed by atoms with van der Waals surface area (Å²) in [4.78, 5) is 3.81. The summed E-state index contributed by atoms with van der Waals surface area (Å²) < 4.78 is 5.74. The zero-order chi connectivity index (χ0) is 13.0. The summed E-state index contributed by atoms with van der Waals surface area (Å²) in [5.74, 6) is 5.96. The van der Waals surface area contributed by atoms with Crippen LogP contribution in [0.1, 0.15) is 24.3 Å². The van der Waals surface area contributed by atoms with Crippen molar-refractivity contribution in [2.24, 2.45) is 5.73 Å². The van der Waals surface area contributed by atoms with Gasteiger partial charge in [-0.1, -0.05) is 11.8 Å². The van der Waals surface area contributed by atoms with Gasteiger partial charge in [-0.2, -0.15) is 0 Å². The number of morpholine rings is 1. The van der Waals surface area contributed by atoms with E-state index in [2.05, 4.69) is 42.0 Å². The molecule has 98 valence electrons. The molecular formula is C14H20N2OS. The minimum Gasteiger partial charge on any atom is -0.373 e. The van der Waals surface area contributed by atoms with Gasteiger partial charge in [-0.15, -0.1) is 11.3 Å². The van der Waals surface area contributed by atoms with Crippen LogP contribution in [0.15, 0.2) is 11.4 Å². The standard InChI is InChI=1S/C14H20N2OS/c1-11-7-16(8-12(2)17-11)9-14-6-13(10-18-14)4-3-5-15/h6,10-12H,5,7-9,15H2,1-2H3. The summed E-state index contributed by atoms with van der Waals surface area (Å²) in [7, 11) is 0. The van der Waals surface area contributed by atoms with Gasteiger partial charge in [-0.05, 0) is 19.9 Å². The van der Waals surface area contributed by atoms with Gasteiger partial charge in [0.1, 0.15) is 0 Å². The lowest BCUT2D eigenvalue weighted by molar-refractivity contribution is -0.0702. The number of hydrogen-bond donors (Lipinski definition) is 1. The van der Waals surface area contributed by atoms with Crippen LogP contribution in [0, 0.1) is 11.8 Å². The molecule has 0 aliphatic carbocycles. The van der Waals surface area contributed by atoms with E-state index in [0.29, 0.717) is 18.8 Å². The Morgan fingerprint density at radius 1 is 1.44 bits per heavy atom. The summed E-state index contributed by atoms with van der Waals surface area (Å²) in [6, 6.07) is 2.16. The Balaban J connectivity index is 1.94. The number of nitrogens with two attached hydrogens (primary N) is 1. The first-order chi connectivity index (χ1) is 8.67. The maximum absolute atomic E-state index is 5.74. The molecule has 1 aliphatic rings. The zero-order valence-electron chi connectivity index (χ0n) is 11.0. The van der Waals surface area contributed by atoms with Gasteiger partial charge in [0, 0.05) is 35.5 Å². The van der Waals surface area contributed by atoms with E-state index in [1.54, 1.807) is 11.3 Å². The van der Waals surface area contributed by atoms with Crippen LogP contribution in [0.4, 0.5) is 0 Å². The molecule has 0 amide bonds. The molecule has 4 heteroatoms. The van der Waals surface area contributed by atoms with Crippen LogP contribution in [0.5, 0.6) is 0 Å². The predicted octanol–water partition coefficient (Wildman–Crippen LogP) is 1.67. The highest BCUT2D eigenvalue weighted by atomic mass is 32.1. The van der Waals surface area contributed by atoms with E-state index < -0.39 is 0 Å². The lowest BCUT2D eigenvalue weighted by atomic mass is 10.2. The summed E-state index contributed by atoms with van der Waals surface area (Å²) in [5.41, 5.74) is 6.45. The molecule has 2 heterocycles. The number of rotatable bonds is 2. The second-order valence-corrected chi connectivity index (χ2v) is 5.75. The second kappa shape index (κ2) is 6.35. The van der Waals surface area contributed by atoms with Crippen LogP contribution in [0.25, 0.3) is 0 Å². The summed E-state index contributed by atoms with van der Waals surface area (Å²) in [5, 5.41) is 2.10. The van der Waals surface area contributed by atoms with Crippen molar-refractivity contribution in [3.05, 3.63) is 21.9 Å². The monoisotopic (exact) mass is 264 g/mol. The molecule has 0 aromatic carbocycles. The van der Waals surface area contributed by atoms with E-state index in [-0.39, 0.29) is 0 Å². The Morgan fingerprint density at radius 3 is 2.83 bits per heavy atom. The van der Waals surface area contributed by atoms with Crippen LogP contribution in [0.2, 0.25) is 0 Å². The molecule has 2 unspecified atom stereocenters. The molecular weight excluding hydrogens is 244 g/mol. The Bertz CT molecular complexity index is 436. The molecule has 0 bridgehead atoms. The molecule has 1 aliphatic heterocycles. The van der Waals surface area contributed by atoms with Crippen LogP contribution >= 0.6 is 11.3 Å². The van der Waals surface area contributed by atoms with E-state index in [1.165, 1.54) is 4.88 Å².